The summed E-state index contributed by atoms with van der Waals surface area (Å²) in [6, 6.07) is 10.4. The highest BCUT2D eigenvalue weighted by Crippen LogP contribution is 2.56. The molecule has 0 radical (unpaired) electrons. The fourth-order valence-electron chi connectivity index (χ4n) is 6.05. The number of aromatic nitrogens is 1. The highest BCUT2D eigenvalue weighted by molar-refractivity contribution is 7.17. The molecule has 42 heavy (non-hydrogen) atoms. The zero-order valence-corrected chi connectivity index (χ0v) is 25.5. The molecule has 7 nitrogen and oxygen atoms in total. The van der Waals surface area contributed by atoms with Crippen molar-refractivity contribution in [3.8, 4) is 5.75 Å². The fraction of sp³-hybridized carbons (Fsp3) is 0.467. The third-order valence-electron chi connectivity index (χ3n) is 7.67. The van der Waals surface area contributed by atoms with Gasteiger partial charge in [-0.2, -0.15) is 13.2 Å². The summed E-state index contributed by atoms with van der Waals surface area (Å²) in [5, 5.41) is 14.6. The van der Waals surface area contributed by atoms with Gasteiger partial charge in [0.15, 0.2) is 10.8 Å². The monoisotopic (exact) mass is 622 g/mol. The maximum absolute atomic E-state index is 13.8. The molecule has 3 heterocycles. The number of carbonyl (C=O) groups excluding carboxylic acids is 1. The van der Waals surface area contributed by atoms with Crippen LogP contribution in [0.1, 0.15) is 61.5 Å². The van der Waals surface area contributed by atoms with Crippen molar-refractivity contribution in [3.05, 3.63) is 57.6 Å². The van der Waals surface area contributed by atoms with Gasteiger partial charge in [-0.05, 0) is 62.5 Å². The number of benzene rings is 2. The van der Waals surface area contributed by atoms with E-state index in [1.165, 1.54) is 6.92 Å². The molecule has 0 atom stereocenters. The van der Waals surface area contributed by atoms with Crippen molar-refractivity contribution < 1.29 is 27.8 Å². The minimum Gasteiger partial charge on any atom is -0.506 e. The van der Waals surface area contributed by atoms with E-state index in [4.69, 9.17) is 16.3 Å². The summed E-state index contributed by atoms with van der Waals surface area (Å²) >= 11 is 7.41. The molecule has 2 aliphatic heterocycles. The molecule has 2 aliphatic rings. The number of halogens is 4. The number of ether oxygens (including phenoxy) is 1. The van der Waals surface area contributed by atoms with Gasteiger partial charge in [0, 0.05) is 29.1 Å². The molecule has 3 aromatic rings. The minimum atomic E-state index is -4.83. The number of piperidine rings is 1. The number of hydrogen-bond acceptors (Lipinski definition) is 8. The molecule has 0 bridgehead atoms. The van der Waals surface area contributed by atoms with Crippen LogP contribution in [0.4, 0.5) is 35.4 Å². The smallest absolute Gasteiger partial charge is 0.435 e. The molecule has 1 saturated heterocycles. The van der Waals surface area contributed by atoms with E-state index >= 15 is 0 Å². The van der Waals surface area contributed by atoms with Crippen LogP contribution in [0.3, 0.4) is 0 Å². The number of aromatic hydroxyl groups is 1. The van der Waals surface area contributed by atoms with Crippen molar-refractivity contribution in [2.45, 2.75) is 52.1 Å². The number of esters is 1. The van der Waals surface area contributed by atoms with E-state index in [1.807, 2.05) is 17.0 Å². The average Bonchev–Trinajstić information content (AvgIpc) is 3.48. The number of likely N-dealkylation sites (tertiary alicyclic amines) is 1. The molecule has 1 spiro atoms. The molecule has 0 unspecified atom stereocenters. The topological polar surface area (TPSA) is 77.9 Å². The molecule has 1 fully saturated rings. The van der Waals surface area contributed by atoms with Crippen LogP contribution in [0.25, 0.3) is 0 Å². The normalized spacial score (nSPS) is 17.0. The first kappa shape index (κ1) is 30.4. The van der Waals surface area contributed by atoms with Crippen molar-refractivity contribution in [2.24, 2.45) is 5.41 Å². The Hall–Kier alpha value is -3.02. The summed E-state index contributed by atoms with van der Waals surface area (Å²) in [4.78, 5) is 19.9. The SMILES string of the molecule is CCOC(=O)c1sc(Nc2ccccc2N2CC3(CCN(CC(C)(C)C)CC3)c3c(Cl)ccc(O)c32)nc1C(F)(F)F. The lowest BCUT2D eigenvalue weighted by Gasteiger charge is -2.42. The molecule has 0 aliphatic carbocycles. The number of phenolic OH excluding ortho intramolecular Hbond substituents is 1. The molecule has 12 heteroatoms. The third-order valence-corrected chi connectivity index (χ3v) is 8.94. The number of thiazole rings is 1. The van der Waals surface area contributed by atoms with Gasteiger partial charge in [-0.3, -0.25) is 0 Å². The predicted molar refractivity (Wildman–Crippen MR) is 160 cm³/mol. The minimum absolute atomic E-state index is 0.0598. The number of hydrogen-bond donors (Lipinski definition) is 2. The summed E-state index contributed by atoms with van der Waals surface area (Å²) in [6.07, 6.45) is -3.14. The molecule has 0 saturated carbocycles. The summed E-state index contributed by atoms with van der Waals surface area (Å²) in [6.45, 7) is 11.4. The highest BCUT2D eigenvalue weighted by atomic mass is 35.5. The Bertz CT molecular complexity index is 1480. The van der Waals surface area contributed by atoms with Crippen molar-refractivity contribution in [1.82, 2.24) is 9.88 Å². The second kappa shape index (κ2) is 11.2. The first-order chi connectivity index (χ1) is 19.7. The second-order valence-corrected chi connectivity index (χ2v) is 13.5. The van der Waals surface area contributed by atoms with Gasteiger partial charge >= 0.3 is 12.1 Å². The van der Waals surface area contributed by atoms with E-state index in [2.05, 4.69) is 36.0 Å². The van der Waals surface area contributed by atoms with Gasteiger partial charge in [0.05, 0.1) is 23.7 Å². The quantitative estimate of drug-likeness (QED) is 0.270. The van der Waals surface area contributed by atoms with Gasteiger partial charge in [-0.25, -0.2) is 9.78 Å². The van der Waals surface area contributed by atoms with E-state index in [0.717, 1.165) is 38.0 Å². The van der Waals surface area contributed by atoms with E-state index in [0.29, 0.717) is 40.0 Å². The molecular formula is C30H34ClF3N4O3S. The molecular weight excluding hydrogens is 589 g/mol. The summed E-state index contributed by atoms with van der Waals surface area (Å²) in [7, 11) is 0. The van der Waals surface area contributed by atoms with Gasteiger partial charge in [0.1, 0.15) is 10.6 Å². The first-order valence-electron chi connectivity index (χ1n) is 13.9. The third kappa shape index (κ3) is 5.91. The fourth-order valence-corrected chi connectivity index (χ4v) is 7.29. The molecule has 2 N–H and O–H groups in total. The number of phenols is 1. The Morgan fingerprint density at radius 3 is 2.50 bits per heavy atom. The van der Waals surface area contributed by atoms with E-state index in [1.54, 1.807) is 24.3 Å². The first-order valence-corrected chi connectivity index (χ1v) is 15.0. The number of fused-ring (bicyclic) bond motifs is 2. The standard InChI is InChI=1S/C30H34ClF3N4O3S/c1-5-41-26(40)24-25(30(32,33)34)36-27(42-24)35-19-8-6-7-9-20(19)38-17-29(22-18(31)10-11-21(39)23(22)38)12-14-37(15-13-29)16-28(2,3)4/h6-11,39H,5,12-17H2,1-4H3,(H,35,36). The Balaban J connectivity index is 1.51. The zero-order chi connectivity index (χ0) is 30.4. The van der Waals surface area contributed by atoms with E-state index in [-0.39, 0.29) is 28.3 Å². The number of para-hydroxylation sites is 2. The second-order valence-electron chi connectivity index (χ2n) is 12.1. The number of anilines is 4. The van der Waals surface area contributed by atoms with Gasteiger partial charge in [0.2, 0.25) is 0 Å². The van der Waals surface area contributed by atoms with Crippen LogP contribution in [-0.2, 0) is 16.3 Å². The lowest BCUT2D eigenvalue weighted by atomic mass is 9.74. The number of alkyl halides is 3. The molecule has 2 aromatic carbocycles. The van der Waals surface area contributed by atoms with Crippen LogP contribution in [0, 0.1) is 5.41 Å². The molecule has 0 amide bonds. The lowest BCUT2D eigenvalue weighted by molar-refractivity contribution is -0.141. The van der Waals surface area contributed by atoms with Crippen LogP contribution in [0.5, 0.6) is 5.75 Å². The Labute approximate surface area is 252 Å². The maximum Gasteiger partial charge on any atom is 0.435 e. The van der Waals surface area contributed by atoms with Crippen LogP contribution in [0.2, 0.25) is 5.02 Å². The van der Waals surface area contributed by atoms with Gasteiger partial charge < -0.3 is 25.0 Å². The van der Waals surface area contributed by atoms with E-state index < -0.39 is 22.7 Å². The predicted octanol–water partition coefficient (Wildman–Crippen LogP) is 7.97. The lowest BCUT2D eigenvalue weighted by Crippen LogP contribution is -2.46. The van der Waals surface area contributed by atoms with Gasteiger partial charge in [-0.1, -0.05) is 55.8 Å². The molecule has 5 rings (SSSR count). The van der Waals surface area contributed by atoms with E-state index in [9.17, 15) is 23.1 Å². The summed E-state index contributed by atoms with van der Waals surface area (Å²) in [5.41, 5.74) is 1.18. The average molecular weight is 623 g/mol. The Morgan fingerprint density at radius 1 is 1.17 bits per heavy atom. The van der Waals surface area contributed by atoms with Crippen LogP contribution >= 0.6 is 22.9 Å². The van der Waals surface area contributed by atoms with Crippen molar-refractivity contribution in [2.75, 3.05) is 43.0 Å². The van der Waals surface area contributed by atoms with Crippen LogP contribution in [0.15, 0.2) is 36.4 Å². The number of nitrogens with zero attached hydrogens (tertiary/aromatic N) is 3. The van der Waals surface area contributed by atoms with Crippen molar-refractivity contribution in [3.63, 3.8) is 0 Å². The van der Waals surface area contributed by atoms with Crippen LogP contribution < -0.4 is 10.2 Å². The molecule has 1 aromatic heterocycles. The van der Waals surface area contributed by atoms with Crippen LogP contribution in [-0.4, -0.2) is 53.7 Å². The Kier molecular flexibility index (Phi) is 8.15. The zero-order valence-electron chi connectivity index (χ0n) is 23.9. The number of nitrogens with one attached hydrogen (secondary N) is 1. The van der Waals surface area contributed by atoms with Gasteiger partial charge in [-0.15, -0.1) is 0 Å². The summed E-state index contributed by atoms with van der Waals surface area (Å²) < 4.78 is 46.1. The molecule has 226 valence electrons. The number of rotatable bonds is 6. The Morgan fingerprint density at radius 2 is 1.86 bits per heavy atom. The van der Waals surface area contributed by atoms with Crippen molar-refractivity contribution >= 4 is 51.1 Å². The summed E-state index contributed by atoms with van der Waals surface area (Å²) in [5.74, 6) is -0.993. The number of carbonyl (C=O) groups is 1. The van der Waals surface area contributed by atoms with Crippen molar-refractivity contribution in [1.29, 1.82) is 0 Å². The van der Waals surface area contributed by atoms with Gasteiger partial charge in [0.25, 0.3) is 0 Å². The largest absolute Gasteiger partial charge is 0.506 e. The maximum atomic E-state index is 13.8. The highest BCUT2D eigenvalue weighted by Gasteiger charge is 2.48.